The molecule has 3 N–H and O–H groups in total. The summed E-state index contributed by atoms with van der Waals surface area (Å²) in [6.07, 6.45) is 5.32. The Balaban J connectivity index is 0.00000121. The summed E-state index contributed by atoms with van der Waals surface area (Å²) in [5, 5.41) is 6.27. The number of amides is 1. The Bertz CT molecular complexity index is 583. The number of hydrogen-bond acceptors (Lipinski definition) is 3. The standard InChI is InChI=1S/C15H18N4O.2ClH/c20-15(11-4-6-16-7-5-11)19-13-3-1-2-12(10-13)14-17-8-9-18-14;;/h1-3,8-11,16H,4-7H2,(H,17,18)(H,19,20);2*1H. The molecule has 1 saturated heterocycles. The molecule has 0 saturated carbocycles. The van der Waals surface area contributed by atoms with Crippen molar-refractivity contribution < 1.29 is 4.79 Å². The minimum atomic E-state index is 0. The number of aromatic nitrogens is 2. The first kappa shape index (κ1) is 18.5. The van der Waals surface area contributed by atoms with Crippen molar-refractivity contribution in [3.05, 3.63) is 36.7 Å². The lowest BCUT2D eigenvalue weighted by molar-refractivity contribution is -0.120. The summed E-state index contributed by atoms with van der Waals surface area (Å²) in [5.41, 5.74) is 1.79. The third-order valence-corrected chi connectivity index (χ3v) is 3.61. The second-order valence-electron chi connectivity index (χ2n) is 5.03. The fourth-order valence-electron chi connectivity index (χ4n) is 2.50. The lowest BCUT2D eigenvalue weighted by Gasteiger charge is -2.21. The zero-order chi connectivity index (χ0) is 13.8. The fourth-order valence-corrected chi connectivity index (χ4v) is 2.50. The number of benzene rings is 1. The van der Waals surface area contributed by atoms with Gasteiger partial charge in [0.05, 0.1) is 0 Å². The number of piperidine rings is 1. The zero-order valence-electron chi connectivity index (χ0n) is 12.0. The van der Waals surface area contributed by atoms with E-state index in [1.807, 2.05) is 24.3 Å². The summed E-state index contributed by atoms with van der Waals surface area (Å²) in [4.78, 5) is 19.5. The maximum atomic E-state index is 12.2. The second kappa shape index (κ2) is 8.78. The van der Waals surface area contributed by atoms with Crippen molar-refractivity contribution in [1.29, 1.82) is 0 Å². The van der Waals surface area contributed by atoms with Gasteiger partial charge in [-0.25, -0.2) is 4.98 Å². The number of rotatable bonds is 3. The van der Waals surface area contributed by atoms with Crippen molar-refractivity contribution in [2.24, 2.45) is 5.92 Å². The molecule has 1 aromatic carbocycles. The second-order valence-corrected chi connectivity index (χ2v) is 5.03. The van der Waals surface area contributed by atoms with Crippen molar-refractivity contribution in [2.75, 3.05) is 18.4 Å². The average Bonchev–Trinajstić information content (AvgIpc) is 3.03. The van der Waals surface area contributed by atoms with Gasteiger partial charge >= 0.3 is 0 Å². The Labute approximate surface area is 142 Å². The number of nitrogens with one attached hydrogen (secondary N) is 3. The summed E-state index contributed by atoms with van der Waals surface area (Å²) in [6.45, 7) is 1.84. The van der Waals surface area contributed by atoms with E-state index in [0.717, 1.165) is 43.0 Å². The van der Waals surface area contributed by atoms with E-state index in [2.05, 4.69) is 20.6 Å². The van der Waals surface area contributed by atoms with Crippen LogP contribution < -0.4 is 10.6 Å². The monoisotopic (exact) mass is 342 g/mol. The highest BCUT2D eigenvalue weighted by atomic mass is 35.5. The molecule has 5 nitrogen and oxygen atoms in total. The van der Waals surface area contributed by atoms with E-state index in [0.29, 0.717) is 0 Å². The van der Waals surface area contributed by atoms with Gasteiger partial charge in [0, 0.05) is 29.6 Å². The van der Waals surface area contributed by atoms with E-state index in [1.54, 1.807) is 12.4 Å². The number of nitrogens with zero attached hydrogens (tertiary/aromatic N) is 1. The van der Waals surface area contributed by atoms with Crippen molar-refractivity contribution in [1.82, 2.24) is 15.3 Å². The largest absolute Gasteiger partial charge is 0.345 e. The molecule has 2 aromatic rings. The topological polar surface area (TPSA) is 69.8 Å². The first-order valence-corrected chi connectivity index (χ1v) is 6.94. The Hall–Kier alpha value is -1.56. The molecule has 1 aliphatic rings. The molecule has 0 atom stereocenters. The van der Waals surface area contributed by atoms with Crippen molar-refractivity contribution in [3.63, 3.8) is 0 Å². The predicted octanol–water partition coefficient (Wildman–Crippen LogP) is 2.86. The number of anilines is 1. The first-order chi connectivity index (χ1) is 9.83. The number of carbonyl (C=O) groups excluding carboxylic acids is 1. The van der Waals surface area contributed by atoms with Gasteiger partial charge in [0.25, 0.3) is 0 Å². The van der Waals surface area contributed by atoms with E-state index >= 15 is 0 Å². The summed E-state index contributed by atoms with van der Waals surface area (Å²) in [5.74, 6) is 1.04. The van der Waals surface area contributed by atoms with Crippen molar-refractivity contribution in [2.45, 2.75) is 12.8 Å². The molecule has 1 amide bonds. The van der Waals surface area contributed by atoms with Crippen LogP contribution in [0.25, 0.3) is 11.4 Å². The maximum absolute atomic E-state index is 12.2. The molecular weight excluding hydrogens is 323 g/mol. The third kappa shape index (κ3) is 4.47. The Morgan fingerprint density at radius 2 is 2.00 bits per heavy atom. The van der Waals surface area contributed by atoms with Crippen LogP contribution in [0.2, 0.25) is 0 Å². The van der Waals surface area contributed by atoms with Gasteiger partial charge in [-0.15, -0.1) is 24.8 Å². The Kier molecular flexibility index (Phi) is 7.38. The SMILES string of the molecule is Cl.Cl.O=C(Nc1cccc(-c2ncc[nH]2)c1)C1CCNCC1. The number of carbonyl (C=O) groups is 1. The van der Waals surface area contributed by atoms with Crippen LogP contribution in [-0.2, 0) is 4.79 Å². The average molecular weight is 343 g/mol. The van der Waals surface area contributed by atoms with Crippen LogP contribution in [0.15, 0.2) is 36.7 Å². The molecule has 0 radical (unpaired) electrons. The van der Waals surface area contributed by atoms with Crippen LogP contribution in [0.4, 0.5) is 5.69 Å². The molecule has 0 spiro atoms. The van der Waals surface area contributed by atoms with Gasteiger partial charge in [0.2, 0.25) is 5.91 Å². The molecule has 3 rings (SSSR count). The highest BCUT2D eigenvalue weighted by Gasteiger charge is 2.20. The smallest absolute Gasteiger partial charge is 0.227 e. The number of H-pyrrole nitrogens is 1. The normalized spacial score (nSPS) is 14.5. The van der Waals surface area contributed by atoms with E-state index in [4.69, 9.17) is 0 Å². The minimum absolute atomic E-state index is 0. The third-order valence-electron chi connectivity index (χ3n) is 3.61. The minimum Gasteiger partial charge on any atom is -0.345 e. The first-order valence-electron chi connectivity index (χ1n) is 6.94. The van der Waals surface area contributed by atoms with Crippen LogP contribution in [0.1, 0.15) is 12.8 Å². The van der Waals surface area contributed by atoms with Crippen LogP contribution in [0, 0.1) is 5.92 Å². The number of aromatic amines is 1. The highest BCUT2D eigenvalue weighted by Crippen LogP contribution is 2.21. The van der Waals surface area contributed by atoms with E-state index in [1.165, 1.54) is 0 Å². The van der Waals surface area contributed by atoms with Crippen LogP contribution in [-0.4, -0.2) is 29.0 Å². The van der Waals surface area contributed by atoms with Crippen LogP contribution >= 0.6 is 24.8 Å². The van der Waals surface area contributed by atoms with E-state index in [9.17, 15) is 4.79 Å². The van der Waals surface area contributed by atoms with Crippen molar-refractivity contribution in [3.8, 4) is 11.4 Å². The fraction of sp³-hybridized carbons (Fsp3) is 0.333. The lowest BCUT2D eigenvalue weighted by Crippen LogP contribution is -2.34. The highest BCUT2D eigenvalue weighted by molar-refractivity contribution is 5.93. The van der Waals surface area contributed by atoms with E-state index < -0.39 is 0 Å². The molecule has 0 unspecified atom stereocenters. The van der Waals surface area contributed by atoms with Crippen LogP contribution in [0.5, 0.6) is 0 Å². The molecule has 22 heavy (non-hydrogen) atoms. The summed E-state index contributed by atoms with van der Waals surface area (Å²) >= 11 is 0. The number of halogens is 2. The molecule has 7 heteroatoms. The number of hydrogen-bond donors (Lipinski definition) is 3. The van der Waals surface area contributed by atoms with Crippen molar-refractivity contribution >= 4 is 36.4 Å². The van der Waals surface area contributed by atoms with Crippen LogP contribution in [0.3, 0.4) is 0 Å². The lowest BCUT2D eigenvalue weighted by atomic mass is 9.97. The van der Waals surface area contributed by atoms with Gasteiger partial charge in [-0.3, -0.25) is 4.79 Å². The molecule has 0 bridgehead atoms. The predicted molar refractivity (Wildman–Crippen MR) is 92.7 cm³/mol. The summed E-state index contributed by atoms with van der Waals surface area (Å²) in [6, 6.07) is 7.75. The van der Waals surface area contributed by atoms with Gasteiger partial charge in [0.1, 0.15) is 5.82 Å². The molecule has 0 aliphatic carbocycles. The molecule has 120 valence electrons. The zero-order valence-corrected chi connectivity index (χ0v) is 13.7. The molecule has 1 fully saturated rings. The van der Waals surface area contributed by atoms with Gasteiger partial charge in [-0.1, -0.05) is 12.1 Å². The Morgan fingerprint density at radius 1 is 1.23 bits per heavy atom. The number of imidazole rings is 1. The molecule has 1 aromatic heterocycles. The Morgan fingerprint density at radius 3 is 2.68 bits per heavy atom. The molecular formula is C15H20Cl2N4O. The van der Waals surface area contributed by atoms with Gasteiger partial charge in [-0.05, 0) is 38.1 Å². The summed E-state index contributed by atoms with van der Waals surface area (Å²) in [7, 11) is 0. The molecule has 1 aliphatic heterocycles. The quantitative estimate of drug-likeness (QED) is 0.803. The molecule has 2 heterocycles. The van der Waals surface area contributed by atoms with Gasteiger partial charge in [0.15, 0.2) is 0 Å². The maximum Gasteiger partial charge on any atom is 0.227 e. The van der Waals surface area contributed by atoms with Gasteiger partial charge in [-0.2, -0.15) is 0 Å². The summed E-state index contributed by atoms with van der Waals surface area (Å²) < 4.78 is 0. The van der Waals surface area contributed by atoms with E-state index in [-0.39, 0.29) is 36.6 Å². The van der Waals surface area contributed by atoms with Gasteiger partial charge < -0.3 is 15.6 Å².